The number of hydrogen-bond donors (Lipinski definition) is 4. The van der Waals surface area contributed by atoms with Crippen LogP contribution in [0.4, 0.5) is 0 Å². The van der Waals surface area contributed by atoms with E-state index >= 15 is 0 Å². The Bertz CT molecular complexity index is 1110. The zero-order chi connectivity index (χ0) is 23.7. The number of amides is 1. The highest BCUT2D eigenvalue weighted by Crippen LogP contribution is 2.54. The van der Waals surface area contributed by atoms with Crippen molar-refractivity contribution >= 4 is 23.4 Å². The molecule has 0 radical (unpaired) electrons. The summed E-state index contributed by atoms with van der Waals surface area (Å²) < 4.78 is 5.63. The van der Waals surface area contributed by atoms with Gasteiger partial charge in [0.1, 0.15) is 28.2 Å². The molecule has 1 aromatic carbocycles. The number of aliphatic hydroxyl groups is 2. The molecular formula is C22H24N2O8. The van der Waals surface area contributed by atoms with Crippen LogP contribution >= 0.6 is 0 Å². The van der Waals surface area contributed by atoms with E-state index in [2.05, 4.69) is 0 Å². The summed E-state index contributed by atoms with van der Waals surface area (Å²) in [5.41, 5.74) is 1.08. The molecule has 1 heterocycles. The van der Waals surface area contributed by atoms with Crippen LogP contribution in [0.3, 0.4) is 0 Å². The Balaban J connectivity index is 1.84. The number of carbonyl (C=O) groups excluding carboxylic acids is 4. The number of esters is 1. The van der Waals surface area contributed by atoms with E-state index < -0.39 is 63.9 Å². The number of aliphatic hydroxyl groups excluding tert-OH is 1. The van der Waals surface area contributed by atoms with E-state index in [1.165, 1.54) is 11.0 Å². The number of benzene rings is 1. The number of nitrogens with zero attached hydrogens (tertiary/aromatic N) is 1. The molecule has 10 heteroatoms. The van der Waals surface area contributed by atoms with Gasteiger partial charge in [-0.1, -0.05) is 12.1 Å². The van der Waals surface area contributed by atoms with Gasteiger partial charge in [-0.3, -0.25) is 19.3 Å². The van der Waals surface area contributed by atoms with E-state index in [0.717, 1.165) is 0 Å². The molecule has 1 aromatic rings. The Morgan fingerprint density at radius 1 is 1.22 bits per heavy atom. The van der Waals surface area contributed by atoms with Crippen LogP contribution in [0, 0.1) is 11.8 Å². The van der Waals surface area contributed by atoms with Gasteiger partial charge in [0.25, 0.3) is 5.91 Å². The number of carbonyl (C=O) groups is 4. The number of ether oxygens (including phenoxy) is 1. The molecule has 3 aliphatic rings. The van der Waals surface area contributed by atoms with Crippen molar-refractivity contribution in [1.29, 1.82) is 0 Å². The number of aromatic hydroxyl groups is 1. The average molecular weight is 444 g/mol. The van der Waals surface area contributed by atoms with E-state index in [0.29, 0.717) is 5.56 Å². The van der Waals surface area contributed by atoms with Gasteiger partial charge in [-0.2, -0.15) is 0 Å². The second-order valence-corrected chi connectivity index (χ2v) is 8.99. The first-order valence-corrected chi connectivity index (χ1v) is 10.1. The third-order valence-electron chi connectivity index (χ3n) is 7.09. The first kappa shape index (κ1) is 22.0. The van der Waals surface area contributed by atoms with E-state index in [-0.39, 0.29) is 24.2 Å². The summed E-state index contributed by atoms with van der Waals surface area (Å²) in [5, 5.41) is 32.1. The van der Waals surface area contributed by atoms with Gasteiger partial charge >= 0.3 is 5.97 Å². The largest absolute Gasteiger partial charge is 0.508 e. The Morgan fingerprint density at radius 3 is 2.47 bits per heavy atom. The zero-order valence-corrected chi connectivity index (χ0v) is 17.8. The number of cyclic esters (lactones) is 1. The van der Waals surface area contributed by atoms with E-state index in [1.54, 1.807) is 33.2 Å². The minimum Gasteiger partial charge on any atom is -0.508 e. The summed E-state index contributed by atoms with van der Waals surface area (Å²) >= 11 is 0. The van der Waals surface area contributed by atoms with Crippen molar-refractivity contribution in [1.82, 2.24) is 4.90 Å². The fraction of sp³-hybridized carbons (Fsp3) is 0.455. The van der Waals surface area contributed by atoms with Gasteiger partial charge in [-0.25, -0.2) is 4.79 Å². The third kappa shape index (κ3) is 2.66. The van der Waals surface area contributed by atoms with Gasteiger partial charge in [-0.15, -0.1) is 0 Å². The van der Waals surface area contributed by atoms with Crippen LogP contribution in [0.5, 0.6) is 5.75 Å². The minimum absolute atomic E-state index is 0.00548. The van der Waals surface area contributed by atoms with Crippen LogP contribution in [-0.2, 0) is 24.7 Å². The lowest BCUT2D eigenvalue weighted by molar-refractivity contribution is -0.166. The highest BCUT2D eigenvalue weighted by Gasteiger charge is 2.64. The van der Waals surface area contributed by atoms with Gasteiger partial charge in [0.15, 0.2) is 17.2 Å². The van der Waals surface area contributed by atoms with Crippen LogP contribution in [-0.4, -0.2) is 69.4 Å². The smallest absolute Gasteiger partial charge is 0.343 e. The summed E-state index contributed by atoms with van der Waals surface area (Å²) in [7, 11) is 3.09. The Morgan fingerprint density at radius 2 is 1.88 bits per heavy atom. The first-order valence-electron chi connectivity index (χ1n) is 10.1. The van der Waals surface area contributed by atoms with Gasteiger partial charge in [0.05, 0.1) is 6.04 Å². The predicted molar refractivity (Wildman–Crippen MR) is 108 cm³/mol. The lowest BCUT2D eigenvalue weighted by Gasteiger charge is -2.50. The average Bonchev–Trinajstić information content (AvgIpc) is 2.96. The fourth-order valence-electron chi connectivity index (χ4n) is 5.47. The lowest BCUT2D eigenvalue weighted by atomic mass is 9.58. The highest BCUT2D eigenvalue weighted by atomic mass is 16.6. The third-order valence-corrected chi connectivity index (χ3v) is 7.09. The van der Waals surface area contributed by atoms with Crippen LogP contribution in [0.2, 0.25) is 0 Å². The van der Waals surface area contributed by atoms with Crippen molar-refractivity contribution in [2.45, 2.75) is 37.0 Å². The SMILES string of the molecule is CN(C)C1C(=O)C(C(N)=O)=C(O)C2(O)C(=O)CC(C3(C)OC(=O)c4c(O)cccc43)CC12. The molecule has 170 valence electrons. The molecule has 1 saturated carbocycles. The zero-order valence-electron chi connectivity index (χ0n) is 17.8. The van der Waals surface area contributed by atoms with Gasteiger partial charge in [-0.05, 0) is 33.5 Å². The van der Waals surface area contributed by atoms with Gasteiger partial charge in [0.2, 0.25) is 0 Å². The monoisotopic (exact) mass is 444 g/mol. The maximum Gasteiger partial charge on any atom is 0.343 e. The van der Waals surface area contributed by atoms with E-state index in [4.69, 9.17) is 10.5 Å². The van der Waals surface area contributed by atoms with Gasteiger partial charge in [0, 0.05) is 23.8 Å². The minimum atomic E-state index is -2.48. The molecule has 0 bridgehead atoms. The fourth-order valence-corrected chi connectivity index (χ4v) is 5.47. The molecule has 5 unspecified atom stereocenters. The maximum absolute atomic E-state index is 13.3. The Labute approximate surface area is 183 Å². The second-order valence-electron chi connectivity index (χ2n) is 8.99. The summed E-state index contributed by atoms with van der Waals surface area (Å²) in [4.78, 5) is 52.1. The number of hydrogen-bond acceptors (Lipinski definition) is 9. The van der Waals surface area contributed by atoms with Crippen molar-refractivity contribution < 1.29 is 39.2 Å². The molecule has 5 N–H and O–H groups in total. The molecule has 1 fully saturated rings. The molecule has 4 rings (SSSR count). The number of fused-ring (bicyclic) bond motifs is 2. The second kappa shape index (κ2) is 6.88. The molecule has 5 atom stereocenters. The predicted octanol–water partition coefficient (Wildman–Crippen LogP) is -0.0855. The van der Waals surface area contributed by atoms with Gasteiger partial charge < -0.3 is 25.8 Å². The van der Waals surface area contributed by atoms with Crippen molar-refractivity contribution in [3.05, 3.63) is 40.7 Å². The maximum atomic E-state index is 13.3. The molecule has 0 aromatic heterocycles. The van der Waals surface area contributed by atoms with Crippen molar-refractivity contribution in [3.8, 4) is 5.75 Å². The molecule has 10 nitrogen and oxygen atoms in total. The van der Waals surface area contributed by atoms with Crippen molar-refractivity contribution in [2.75, 3.05) is 14.1 Å². The molecule has 0 saturated heterocycles. The number of phenolic OH excluding ortho intramolecular Hbond substituents is 1. The summed E-state index contributed by atoms with van der Waals surface area (Å²) in [5.74, 6) is -6.68. The molecule has 32 heavy (non-hydrogen) atoms. The van der Waals surface area contributed by atoms with Crippen molar-refractivity contribution in [3.63, 3.8) is 0 Å². The number of Topliss-reactive ketones (excluding diaryl/α,β-unsaturated/α-hetero) is 2. The van der Waals surface area contributed by atoms with Crippen LogP contribution in [0.25, 0.3) is 0 Å². The number of ketones is 2. The summed E-state index contributed by atoms with van der Waals surface area (Å²) in [6.07, 6.45) is -0.303. The quantitative estimate of drug-likeness (QED) is 0.368. The van der Waals surface area contributed by atoms with E-state index in [9.17, 15) is 34.5 Å². The molecule has 0 spiro atoms. The molecule has 2 aliphatic carbocycles. The molecule has 1 amide bonds. The van der Waals surface area contributed by atoms with Crippen LogP contribution < -0.4 is 5.73 Å². The Hall–Kier alpha value is -3.24. The van der Waals surface area contributed by atoms with E-state index in [1.807, 2.05) is 0 Å². The Kier molecular flexibility index (Phi) is 4.72. The topological polar surface area (TPSA) is 167 Å². The lowest BCUT2D eigenvalue weighted by Crippen LogP contribution is -2.65. The number of rotatable bonds is 3. The van der Waals surface area contributed by atoms with Crippen molar-refractivity contribution in [2.24, 2.45) is 17.6 Å². The molecular weight excluding hydrogens is 420 g/mol. The standard InChI is InChI=1S/C22H24N2O8/c1-21(10-5-4-6-12(25)14(10)20(30)32-21)9-7-11-16(24(2)3)17(27)15(19(23)29)18(28)22(11,31)13(26)8-9/h4-6,9,11,16,25,28,31H,7-8H2,1-3H3,(H2,23,29). The number of phenols is 1. The van der Waals surface area contributed by atoms with Crippen LogP contribution in [0.1, 0.15) is 35.7 Å². The number of nitrogens with two attached hydrogens (primary N) is 1. The number of likely N-dealkylation sites (N-methyl/N-ethyl adjacent to an activating group) is 1. The van der Waals surface area contributed by atoms with Crippen LogP contribution in [0.15, 0.2) is 29.5 Å². The summed E-state index contributed by atoms with van der Waals surface area (Å²) in [6, 6.07) is 3.39. The first-order chi connectivity index (χ1) is 14.9. The number of primary amides is 1. The summed E-state index contributed by atoms with van der Waals surface area (Å²) in [6.45, 7) is 1.61. The molecule has 1 aliphatic heterocycles. The highest BCUT2D eigenvalue weighted by molar-refractivity contribution is 6.23. The normalized spacial score (nSPS) is 34.4.